The van der Waals surface area contributed by atoms with Crippen LogP contribution in [0.15, 0.2) is 9.79 Å². The molecule has 9 heteroatoms. The predicted octanol–water partition coefficient (Wildman–Crippen LogP) is 2.54. The number of fused-ring (bicyclic) bond motifs is 1. The van der Waals surface area contributed by atoms with Crippen LogP contribution in [0.4, 0.5) is 0 Å². The zero-order valence-electron chi connectivity index (χ0n) is 18.6. The van der Waals surface area contributed by atoms with Gasteiger partial charge in [0.2, 0.25) is 0 Å². The van der Waals surface area contributed by atoms with Gasteiger partial charge in [-0.05, 0) is 50.9 Å². The Morgan fingerprint density at radius 1 is 1.23 bits per heavy atom. The molecule has 3 rings (SSSR count). The molecule has 0 bridgehead atoms. The molecular weight excluding hydrogens is 495 g/mol. The molecule has 8 nitrogen and oxygen atoms in total. The highest BCUT2D eigenvalue weighted by molar-refractivity contribution is 14.0. The van der Waals surface area contributed by atoms with Crippen LogP contribution in [0, 0.1) is 5.41 Å². The molecule has 0 aromatic carbocycles. The summed E-state index contributed by atoms with van der Waals surface area (Å²) in [5.74, 6) is 1.81. The van der Waals surface area contributed by atoms with E-state index in [9.17, 15) is 4.79 Å². The Hall–Kier alpha value is -1.10. The summed E-state index contributed by atoms with van der Waals surface area (Å²) >= 11 is 0. The topological polar surface area (TPSA) is 85.5 Å². The molecule has 0 radical (unpaired) electrons. The maximum atomic E-state index is 12.4. The van der Waals surface area contributed by atoms with Crippen LogP contribution in [0.25, 0.3) is 0 Å². The molecule has 172 valence electrons. The number of guanidine groups is 1. The van der Waals surface area contributed by atoms with Gasteiger partial charge in [-0.3, -0.25) is 9.56 Å². The highest BCUT2D eigenvalue weighted by Gasteiger charge is 2.33. The molecule has 1 saturated carbocycles. The van der Waals surface area contributed by atoms with Crippen LogP contribution < -0.4 is 16.3 Å². The molecule has 1 aliphatic heterocycles. The highest BCUT2D eigenvalue weighted by Crippen LogP contribution is 2.41. The van der Waals surface area contributed by atoms with Crippen molar-refractivity contribution in [3.63, 3.8) is 0 Å². The van der Waals surface area contributed by atoms with Crippen molar-refractivity contribution in [2.45, 2.75) is 77.8 Å². The molecule has 1 aromatic heterocycles. The van der Waals surface area contributed by atoms with Crippen molar-refractivity contribution < 1.29 is 4.74 Å². The fourth-order valence-corrected chi connectivity index (χ4v) is 4.55. The Bertz CT molecular complexity index is 724. The molecule has 0 atom stereocenters. The van der Waals surface area contributed by atoms with Gasteiger partial charge in [0.1, 0.15) is 5.82 Å². The van der Waals surface area contributed by atoms with E-state index in [2.05, 4.69) is 22.7 Å². The van der Waals surface area contributed by atoms with Gasteiger partial charge >= 0.3 is 5.69 Å². The fourth-order valence-electron chi connectivity index (χ4n) is 4.55. The summed E-state index contributed by atoms with van der Waals surface area (Å²) in [6.45, 7) is 6.80. The number of hydrogen-bond acceptors (Lipinski definition) is 4. The van der Waals surface area contributed by atoms with E-state index >= 15 is 0 Å². The first-order chi connectivity index (χ1) is 14.2. The first-order valence-corrected chi connectivity index (χ1v) is 11.3. The van der Waals surface area contributed by atoms with Gasteiger partial charge in [0.25, 0.3) is 0 Å². The lowest BCUT2D eigenvalue weighted by molar-refractivity contribution is 0.141. The third kappa shape index (κ3) is 6.70. The summed E-state index contributed by atoms with van der Waals surface area (Å²) in [6, 6.07) is 0. The zero-order valence-corrected chi connectivity index (χ0v) is 21.0. The molecule has 1 aromatic rings. The molecule has 1 aliphatic carbocycles. The van der Waals surface area contributed by atoms with Gasteiger partial charge in [-0.15, -0.1) is 24.0 Å². The van der Waals surface area contributed by atoms with Crippen LogP contribution in [-0.4, -0.2) is 53.7 Å². The smallest absolute Gasteiger partial charge is 0.345 e. The van der Waals surface area contributed by atoms with Crippen LogP contribution >= 0.6 is 24.0 Å². The number of aromatic nitrogens is 3. The number of nitrogens with one attached hydrogen (secondary N) is 2. The number of aryl methyl sites for hydroxylation is 2. The average molecular weight is 534 g/mol. The molecule has 0 spiro atoms. The molecule has 1 fully saturated rings. The summed E-state index contributed by atoms with van der Waals surface area (Å²) < 4.78 is 8.80. The van der Waals surface area contributed by atoms with E-state index in [-0.39, 0.29) is 29.7 Å². The summed E-state index contributed by atoms with van der Waals surface area (Å²) in [4.78, 5) is 17.3. The lowest BCUT2D eigenvalue weighted by Crippen LogP contribution is -2.39. The average Bonchev–Trinajstić information content (AvgIpc) is 3.33. The molecule has 0 unspecified atom stereocenters. The molecule has 2 aliphatic rings. The van der Waals surface area contributed by atoms with Crippen molar-refractivity contribution in [3.8, 4) is 0 Å². The van der Waals surface area contributed by atoms with Crippen molar-refractivity contribution in [1.29, 1.82) is 0 Å². The molecule has 0 saturated heterocycles. The Morgan fingerprint density at radius 2 is 2.03 bits per heavy atom. The Labute approximate surface area is 197 Å². The van der Waals surface area contributed by atoms with Gasteiger partial charge in [-0.2, -0.15) is 5.10 Å². The Morgan fingerprint density at radius 3 is 2.73 bits per heavy atom. The largest absolute Gasteiger partial charge is 0.385 e. The van der Waals surface area contributed by atoms with Crippen LogP contribution in [-0.2, 0) is 24.2 Å². The van der Waals surface area contributed by atoms with E-state index in [1.807, 2.05) is 4.57 Å². The van der Waals surface area contributed by atoms with E-state index in [1.54, 1.807) is 11.8 Å². The van der Waals surface area contributed by atoms with Gasteiger partial charge in [-0.1, -0.05) is 12.8 Å². The quantitative estimate of drug-likeness (QED) is 0.209. The normalized spacial score (nSPS) is 18.0. The summed E-state index contributed by atoms with van der Waals surface area (Å²) in [5, 5.41) is 11.3. The van der Waals surface area contributed by atoms with Gasteiger partial charge < -0.3 is 15.4 Å². The lowest BCUT2D eigenvalue weighted by atomic mass is 9.83. The van der Waals surface area contributed by atoms with Crippen molar-refractivity contribution in [3.05, 3.63) is 16.3 Å². The SMILES string of the molecule is CCNC(=NCC1(CCOC)CCCC1)NCCCn1nc2n(c1=O)CCCC2.I. The Kier molecular flexibility index (Phi) is 10.6. The second-order valence-electron chi connectivity index (χ2n) is 8.46. The van der Waals surface area contributed by atoms with E-state index < -0.39 is 0 Å². The first-order valence-electron chi connectivity index (χ1n) is 11.3. The van der Waals surface area contributed by atoms with Crippen LogP contribution in [0.3, 0.4) is 0 Å². The van der Waals surface area contributed by atoms with E-state index in [0.717, 1.165) is 76.7 Å². The van der Waals surface area contributed by atoms with Gasteiger partial charge in [-0.25, -0.2) is 9.48 Å². The second-order valence-corrected chi connectivity index (χ2v) is 8.46. The van der Waals surface area contributed by atoms with Crippen molar-refractivity contribution >= 4 is 29.9 Å². The standard InChI is InChI=1S/C21H38N6O2.HI/c1-3-22-19(24-17-21(12-16-29-2)10-5-6-11-21)23-13-8-15-27-20(28)26-14-7-4-9-18(26)25-27;/h3-17H2,1-2H3,(H2,22,23,24);1H. The summed E-state index contributed by atoms with van der Waals surface area (Å²) in [7, 11) is 1.78. The molecular formula is C21H39IN6O2. The molecule has 30 heavy (non-hydrogen) atoms. The number of hydrogen-bond donors (Lipinski definition) is 2. The minimum absolute atomic E-state index is 0. The third-order valence-corrected chi connectivity index (χ3v) is 6.29. The highest BCUT2D eigenvalue weighted by atomic mass is 127. The molecule has 0 amide bonds. The lowest BCUT2D eigenvalue weighted by Gasteiger charge is -2.27. The van der Waals surface area contributed by atoms with Crippen molar-refractivity contribution in [2.75, 3.05) is 33.4 Å². The zero-order chi connectivity index (χ0) is 20.5. The second kappa shape index (κ2) is 12.7. The van der Waals surface area contributed by atoms with E-state index in [1.165, 1.54) is 25.7 Å². The number of nitrogens with zero attached hydrogens (tertiary/aromatic N) is 4. The van der Waals surface area contributed by atoms with E-state index in [0.29, 0.717) is 12.0 Å². The van der Waals surface area contributed by atoms with Gasteiger partial charge in [0, 0.05) is 52.9 Å². The molecule has 2 heterocycles. The summed E-state index contributed by atoms with van der Waals surface area (Å²) in [6.07, 6.45) is 10.1. The number of methoxy groups -OCH3 is 1. The summed E-state index contributed by atoms with van der Waals surface area (Å²) in [5.41, 5.74) is 0.336. The minimum atomic E-state index is 0. The van der Waals surface area contributed by atoms with Crippen LogP contribution in [0.2, 0.25) is 0 Å². The van der Waals surface area contributed by atoms with Crippen molar-refractivity contribution in [2.24, 2.45) is 10.4 Å². The number of halogens is 1. The van der Waals surface area contributed by atoms with E-state index in [4.69, 9.17) is 9.73 Å². The van der Waals surface area contributed by atoms with Gasteiger partial charge in [0.05, 0.1) is 0 Å². The number of ether oxygens (including phenoxy) is 1. The monoisotopic (exact) mass is 534 g/mol. The fraction of sp³-hybridized carbons (Fsp3) is 0.857. The predicted molar refractivity (Wildman–Crippen MR) is 131 cm³/mol. The van der Waals surface area contributed by atoms with Crippen LogP contribution in [0.1, 0.15) is 64.1 Å². The van der Waals surface area contributed by atoms with Crippen molar-refractivity contribution in [1.82, 2.24) is 25.0 Å². The van der Waals surface area contributed by atoms with Gasteiger partial charge in [0.15, 0.2) is 5.96 Å². The first kappa shape index (κ1) is 25.2. The molecule has 2 N–H and O–H groups in total. The maximum Gasteiger partial charge on any atom is 0.345 e. The Balaban J connectivity index is 0.00000320. The van der Waals surface area contributed by atoms with Crippen LogP contribution in [0.5, 0.6) is 0 Å². The number of rotatable bonds is 10. The maximum absolute atomic E-state index is 12.4. The number of aliphatic imine (C=N–C) groups is 1. The third-order valence-electron chi connectivity index (χ3n) is 6.29. The minimum Gasteiger partial charge on any atom is -0.385 e.